The van der Waals surface area contributed by atoms with Crippen LogP contribution < -0.4 is 5.73 Å². The third-order valence-electron chi connectivity index (χ3n) is 2.09. The molecule has 0 aliphatic carbocycles. The minimum absolute atomic E-state index is 0.117. The van der Waals surface area contributed by atoms with E-state index < -0.39 is 0 Å². The summed E-state index contributed by atoms with van der Waals surface area (Å²) in [6.45, 7) is 0.736. The Labute approximate surface area is 113 Å². The fourth-order valence-electron chi connectivity index (χ4n) is 1.31. The summed E-state index contributed by atoms with van der Waals surface area (Å²) in [5, 5.41) is 11.8. The van der Waals surface area contributed by atoms with Crippen molar-refractivity contribution in [2.45, 2.75) is 11.3 Å². The molecule has 0 saturated carbocycles. The van der Waals surface area contributed by atoms with Gasteiger partial charge in [-0.25, -0.2) is 0 Å². The van der Waals surface area contributed by atoms with Gasteiger partial charge in [0.1, 0.15) is 0 Å². The first-order valence-corrected chi connectivity index (χ1v) is 6.86. The van der Waals surface area contributed by atoms with Gasteiger partial charge in [-0.1, -0.05) is 11.2 Å². The van der Waals surface area contributed by atoms with E-state index in [-0.39, 0.29) is 5.84 Å². The Kier molecular flexibility index (Phi) is 6.39. The molecule has 94 valence electrons. The summed E-state index contributed by atoms with van der Waals surface area (Å²) in [6.07, 6.45) is 0.962. The minimum Gasteiger partial charge on any atom is -0.409 e. The van der Waals surface area contributed by atoms with Crippen molar-refractivity contribution in [3.05, 3.63) is 28.2 Å². The Morgan fingerprint density at radius 3 is 3.00 bits per heavy atom. The fraction of sp³-hybridized carbons (Fsp3) is 0.364. The number of oxime groups is 1. The molecule has 0 fully saturated rings. The van der Waals surface area contributed by atoms with E-state index in [9.17, 15) is 0 Å². The lowest BCUT2D eigenvalue weighted by Crippen LogP contribution is -2.15. The Bertz CT molecular complexity index is 399. The monoisotopic (exact) mass is 318 g/mol. The molecule has 6 heteroatoms. The van der Waals surface area contributed by atoms with Crippen molar-refractivity contribution in [2.24, 2.45) is 10.9 Å². The quantitative estimate of drug-likeness (QED) is 0.211. The second kappa shape index (κ2) is 7.58. The molecule has 0 radical (unpaired) electrons. The summed E-state index contributed by atoms with van der Waals surface area (Å²) >= 11 is 5.06. The molecule has 3 N–H and O–H groups in total. The van der Waals surface area contributed by atoms with Crippen LogP contribution in [0.1, 0.15) is 12.0 Å². The van der Waals surface area contributed by atoms with Crippen LogP contribution in [0.4, 0.5) is 0 Å². The number of ether oxygens (including phenoxy) is 1. The smallest absolute Gasteiger partial charge is 0.172 e. The molecule has 0 aliphatic heterocycles. The largest absolute Gasteiger partial charge is 0.409 e. The van der Waals surface area contributed by atoms with Gasteiger partial charge in [-0.05, 0) is 34.5 Å². The second-order valence-electron chi connectivity index (χ2n) is 3.29. The van der Waals surface area contributed by atoms with Crippen LogP contribution in [0, 0.1) is 0 Å². The third kappa shape index (κ3) is 4.22. The second-order valence-corrected chi connectivity index (χ2v) is 5.28. The zero-order chi connectivity index (χ0) is 12.7. The summed E-state index contributed by atoms with van der Waals surface area (Å²) < 4.78 is 5.81. The molecule has 0 saturated heterocycles. The van der Waals surface area contributed by atoms with E-state index in [1.54, 1.807) is 18.9 Å². The van der Waals surface area contributed by atoms with Crippen molar-refractivity contribution in [2.75, 3.05) is 19.5 Å². The highest BCUT2D eigenvalue weighted by atomic mass is 79.9. The van der Waals surface area contributed by atoms with Gasteiger partial charge >= 0.3 is 0 Å². The van der Waals surface area contributed by atoms with Gasteiger partial charge < -0.3 is 15.7 Å². The van der Waals surface area contributed by atoms with Crippen LogP contribution in [0.25, 0.3) is 0 Å². The first-order valence-electron chi connectivity index (χ1n) is 5.09. The summed E-state index contributed by atoms with van der Waals surface area (Å²) in [5.74, 6) is 1.04. The average Bonchev–Trinajstić information content (AvgIpc) is 2.34. The predicted octanol–water partition coefficient (Wildman–Crippen LogP) is 2.67. The van der Waals surface area contributed by atoms with E-state index in [2.05, 4.69) is 21.1 Å². The zero-order valence-electron chi connectivity index (χ0n) is 9.52. The van der Waals surface area contributed by atoms with Crippen LogP contribution in [-0.2, 0) is 4.74 Å². The van der Waals surface area contributed by atoms with Gasteiger partial charge in [0.05, 0.1) is 0 Å². The molecular formula is C11H15BrN2O2S. The third-order valence-corrected chi connectivity index (χ3v) is 3.89. The van der Waals surface area contributed by atoms with Crippen molar-refractivity contribution in [3.8, 4) is 0 Å². The molecule has 1 aromatic carbocycles. The first kappa shape index (κ1) is 14.3. The lowest BCUT2D eigenvalue weighted by Gasteiger charge is -2.09. The van der Waals surface area contributed by atoms with Crippen LogP contribution in [0.5, 0.6) is 0 Å². The number of amidine groups is 1. The van der Waals surface area contributed by atoms with E-state index >= 15 is 0 Å². The summed E-state index contributed by atoms with van der Waals surface area (Å²) in [7, 11) is 1.69. The molecule has 0 aromatic heterocycles. The van der Waals surface area contributed by atoms with Gasteiger partial charge in [-0.2, -0.15) is 0 Å². The molecular weight excluding hydrogens is 304 g/mol. The average molecular weight is 319 g/mol. The predicted molar refractivity (Wildman–Crippen MR) is 73.9 cm³/mol. The number of nitrogens with two attached hydrogens (primary N) is 1. The van der Waals surface area contributed by atoms with Gasteiger partial charge in [-0.3, -0.25) is 0 Å². The molecule has 1 rings (SSSR count). The molecule has 0 spiro atoms. The van der Waals surface area contributed by atoms with Crippen LogP contribution in [-0.4, -0.2) is 30.5 Å². The number of halogens is 1. The van der Waals surface area contributed by atoms with E-state index in [0.717, 1.165) is 33.7 Å². The Morgan fingerprint density at radius 2 is 2.35 bits per heavy atom. The van der Waals surface area contributed by atoms with E-state index in [1.165, 1.54) is 0 Å². The van der Waals surface area contributed by atoms with Crippen molar-refractivity contribution in [1.82, 2.24) is 0 Å². The number of thioether (sulfide) groups is 1. The molecule has 0 bridgehead atoms. The summed E-state index contributed by atoms with van der Waals surface area (Å²) in [5.41, 5.74) is 6.39. The lowest BCUT2D eigenvalue weighted by atomic mass is 10.2. The van der Waals surface area contributed by atoms with Crippen LogP contribution in [0.15, 0.2) is 32.7 Å². The van der Waals surface area contributed by atoms with E-state index in [0.29, 0.717) is 0 Å². The Morgan fingerprint density at radius 1 is 1.59 bits per heavy atom. The summed E-state index contributed by atoms with van der Waals surface area (Å²) in [6, 6.07) is 5.75. The van der Waals surface area contributed by atoms with Gasteiger partial charge in [0.25, 0.3) is 0 Å². The topological polar surface area (TPSA) is 67.8 Å². The number of methoxy groups -OCH3 is 1. The maximum Gasteiger partial charge on any atom is 0.172 e. The number of hydrogen-bond acceptors (Lipinski definition) is 4. The van der Waals surface area contributed by atoms with Crippen molar-refractivity contribution >= 4 is 33.5 Å². The van der Waals surface area contributed by atoms with Gasteiger partial charge in [0.15, 0.2) is 5.84 Å². The Balaban J connectivity index is 2.80. The first-order chi connectivity index (χ1) is 8.20. The van der Waals surface area contributed by atoms with Crippen molar-refractivity contribution < 1.29 is 9.94 Å². The highest BCUT2D eigenvalue weighted by molar-refractivity contribution is 9.10. The van der Waals surface area contributed by atoms with Gasteiger partial charge in [-0.15, -0.1) is 11.8 Å². The lowest BCUT2D eigenvalue weighted by molar-refractivity contribution is 0.200. The van der Waals surface area contributed by atoms with Crippen LogP contribution in [0.3, 0.4) is 0 Å². The maximum atomic E-state index is 8.76. The maximum absolute atomic E-state index is 8.76. The van der Waals surface area contributed by atoms with E-state index in [1.807, 2.05) is 18.2 Å². The molecule has 0 amide bonds. The SMILES string of the molecule is COCCCSc1cccc(Br)c1/C(N)=N/O. The molecule has 4 nitrogen and oxygen atoms in total. The van der Waals surface area contributed by atoms with Crippen LogP contribution >= 0.6 is 27.7 Å². The Hall–Kier alpha value is -0.720. The van der Waals surface area contributed by atoms with Crippen molar-refractivity contribution in [3.63, 3.8) is 0 Å². The molecule has 0 aliphatic rings. The fourth-order valence-corrected chi connectivity index (χ4v) is 3.02. The number of rotatable bonds is 6. The van der Waals surface area contributed by atoms with Gasteiger partial charge in [0, 0.05) is 34.4 Å². The highest BCUT2D eigenvalue weighted by Crippen LogP contribution is 2.29. The van der Waals surface area contributed by atoms with Crippen LogP contribution in [0.2, 0.25) is 0 Å². The van der Waals surface area contributed by atoms with Crippen molar-refractivity contribution in [1.29, 1.82) is 0 Å². The minimum atomic E-state index is 0.117. The molecule has 0 unspecified atom stereocenters. The summed E-state index contributed by atoms with van der Waals surface area (Å²) in [4.78, 5) is 0.991. The molecule has 17 heavy (non-hydrogen) atoms. The molecule has 1 aromatic rings. The molecule has 0 atom stereocenters. The standard InChI is InChI=1S/C11H15BrN2O2S/c1-16-6-3-7-17-9-5-2-4-8(12)10(9)11(13)14-15/h2,4-5,15H,3,6-7H2,1H3,(H2,13,14). The highest BCUT2D eigenvalue weighted by Gasteiger charge is 2.11. The van der Waals surface area contributed by atoms with E-state index in [4.69, 9.17) is 15.7 Å². The normalized spacial score (nSPS) is 11.8. The number of nitrogens with zero attached hydrogens (tertiary/aromatic N) is 1. The molecule has 0 heterocycles. The number of hydrogen-bond donors (Lipinski definition) is 2. The number of benzene rings is 1. The van der Waals surface area contributed by atoms with Gasteiger partial charge in [0.2, 0.25) is 0 Å². The zero-order valence-corrected chi connectivity index (χ0v) is 11.9.